The molecule has 0 aromatic heterocycles. The van der Waals surface area contributed by atoms with Crippen LogP contribution in [0.15, 0.2) is 35.9 Å². The Kier molecular flexibility index (Phi) is 6.10. The fourth-order valence-electron chi connectivity index (χ4n) is 3.92. The molecule has 0 fully saturated rings. The molecule has 126 valence electrons. The van der Waals surface area contributed by atoms with Crippen molar-refractivity contribution in [3.05, 3.63) is 52.6 Å². The van der Waals surface area contributed by atoms with Crippen LogP contribution in [-0.4, -0.2) is 5.11 Å². The van der Waals surface area contributed by atoms with E-state index >= 15 is 0 Å². The molecule has 0 saturated heterocycles. The predicted molar refractivity (Wildman–Crippen MR) is 100 cm³/mol. The Hall–Kier alpha value is -1.50. The lowest BCUT2D eigenvalue weighted by molar-refractivity contribution is 0.433. The highest BCUT2D eigenvalue weighted by Gasteiger charge is 2.29. The molecule has 1 nitrogen and oxygen atoms in total. The molecule has 1 heteroatoms. The molecule has 1 aliphatic carbocycles. The summed E-state index contributed by atoms with van der Waals surface area (Å²) in [5.74, 6) is 1.19. The van der Waals surface area contributed by atoms with E-state index in [-0.39, 0.29) is 5.92 Å². The Morgan fingerprint density at radius 2 is 2.00 bits per heavy atom. The fraction of sp³-hybridized carbons (Fsp3) is 0.545. The zero-order chi connectivity index (χ0) is 17.0. The molecule has 1 aromatic carbocycles. The van der Waals surface area contributed by atoms with E-state index in [4.69, 9.17) is 0 Å². The van der Waals surface area contributed by atoms with Gasteiger partial charge >= 0.3 is 0 Å². The third-order valence-corrected chi connectivity index (χ3v) is 5.15. The molecule has 1 N–H and O–H groups in total. The number of benzene rings is 1. The van der Waals surface area contributed by atoms with Crippen molar-refractivity contribution in [1.82, 2.24) is 0 Å². The monoisotopic (exact) mass is 312 g/mol. The minimum atomic E-state index is 0.276. The summed E-state index contributed by atoms with van der Waals surface area (Å²) in [6.45, 7) is 12.9. The summed E-state index contributed by atoms with van der Waals surface area (Å²) in [7, 11) is 0. The molecule has 0 amide bonds. The summed E-state index contributed by atoms with van der Waals surface area (Å²) >= 11 is 0. The van der Waals surface area contributed by atoms with Gasteiger partial charge < -0.3 is 5.11 Å². The molecule has 0 bridgehead atoms. The highest BCUT2D eigenvalue weighted by molar-refractivity contribution is 5.48. The van der Waals surface area contributed by atoms with Crippen LogP contribution in [0.2, 0.25) is 0 Å². The molecule has 2 rings (SSSR count). The van der Waals surface area contributed by atoms with E-state index in [2.05, 4.69) is 46.4 Å². The van der Waals surface area contributed by atoms with Crippen LogP contribution in [0, 0.1) is 12.8 Å². The van der Waals surface area contributed by atoms with Gasteiger partial charge in [-0.25, -0.2) is 0 Å². The number of allylic oxidation sites excluding steroid dienone is 3. The quantitative estimate of drug-likeness (QED) is 0.473. The number of unbranched alkanes of at least 4 members (excludes halogenated alkanes) is 2. The van der Waals surface area contributed by atoms with Gasteiger partial charge in [0.1, 0.15) is 5.75 Å². The van der Waals surface area contributed by atoms with Gasteiger partial charge in [-0.05, 0) is 69.6 Å². The van der Waals surface area contributed by atoms with E-state index in [1.165, 1.54) is 36.0 Å². The van der Waals surface area contributed by atoms with Crippen LogP contribution in [0.1, 0.15) is 75.5 Å². The first-order chi connectivity index (χ1) is 10.9. The molecule has 0 radical (unpaired) electrons. The number of hydrogen-bond donors (Lipinski definition) is 1. The van der Waals surface area contributed by atoms with Crippen LogP contribution in [-0.2, 0) is 6.42 Å². The van der Waals surface area contributed by atoms with Crippen molar-refractivity contribution >= 4 is 0 Å². The van der Waals surface area contributed by atoms with E-state index in [1.54, 1.807) is 0 Å². The summed E-state index contributed by atoms with van der Waals surface area (Å²) in [5.41, 5.74) is 6.31. The van der Waals surface area contributed by atoms with Gasteiger partial charge in [-0.3, -0.25) is 0 Å². The second kappa shape index (κ2) is 7.86. The average Bonchev–Trinajstić information content (AvgIpc) is 2.46. The van der Waals surface area contributed by atoms with Crippen molar-refractivity contribution in [2.24, 2.45) is 5.92 Å². The predicted octanol–water partition coefficient (Wildman–Crippen LogP) is 6.45. The van der Waals surface area contributed by atoms with E-state index in [0.717, 1.165) is 30.4 Å². The van der Waals surface area contributed by atoms with Crippen molar-refractivity contribution in [3.63, 3.8) is 0 Å². The van der Waals surface area contributed by atoms with Crippen LogP contribution in [0.4, 0.5) is 0 Å². The lowest BCUT2D eigenvalue weighted by atomic mass is 9.72. The highest BCUT2D eigenvalue weighted by atomic mass is 16.3. The normalized spacial score (nSPS) is 21.1. The summed E-state index contributed by atoms with van der Waals surface area (Å²) in [6.07, 6.45) is 9.39. The number of aromatic hydroxyl groups is 1. The van der Waals surface area contributed by atoms with Crippen molar-refractivity contribution in [2.45, 2.75) is 72.1 Å². The Bertz CT molecular complexity index is 594. The smallest absolute Gasteiger partial charge is 0.119 e. The SMILES string of the molecule is C=C(C)[C@@H]1CCC(C)=CC1c1c(O)cc(C)cc1CCCCC. The summed E-state index contributed by atoms with van der Waals surface area (Å²) < 4.78 is 0. The van der Waals surface area contributed by atoms with E-state index < -0.39 is 0 Å². The molecule has 23 heavy (non-hydrogen) atoms. The fourth-order valence-corrected chi connectivity index (χ4v) is 3.92. The molecule has 1 aliphatic rings. The molecule has 0 aliphatic heterocycles. The Morgan fingerprint density at radius 1 is 1.26 bits per heavy atom. The van der Waals surface area contributed by atoms with Crippen molar-refractivity contribution in [1.29, 1.82) is 0 Å². The highest BCUT2D eigenvalue weighted by Crippen LogP contribution is 2.44. The summed E-state index contributed by atoms with van der Waals surface area (Å²) in [5, 5.41) is 10.7. The van der Waals surface area contributed by atoms with Crippen LogP contribution in [0.5, 0.6) is 5.75 Å². The molecular weight excluding hydrogens is 280 g/mol. The first kappa shape index (κ1) is 17.8. The Balaban J connectivity index is 2.46. The molecule has 0 heterocycles. The second-order valence-corrected chi connectivity index (χ2v) is 7.34. The van der Waals surface area contributed by atoms with Crippen LogP contribution < -0.4 is 0 Å². The number of phenols is 1. The topological polar surface area (TPSA) is 20.2 Å². The van der Waals surface area contributed by atoms with Gasteiger partial charge in [-0.1, -0.05) is 49.6 Å². The number of hydrogen-bond acceptors (Lipinski definition) is 1. The zero-order valence-electron chi connectivity index (χ0n) is 15.3. The summed E-state index contributed by atoms with van der Waals surface area (Å²) in [4.78, 5) is 0. The van der Waals surface area contributed by atoms with Gasteiger partial charge in [0.15, 0.2) is 0 Å². The maximum Gasteiger partial charge on any atom is 0.119 e. The van der Waals surface area contributed by atoms with Crippen molar-refractivity contribution < 1.29 is 5.11 Å². The van der Waals surface area contributed by atoms with Gasteiger partial charge in [0.05, 0.1) is 0 Å². The minimum Gasteiger partial charge on any atom is -0.508 e. The van der Waals surface area contributed by atoms with E-state index in [1.807, 2.05) is 6.07 Å². The third kappa shape index (κ3) is 4.28. The molecule has 0 spiro atoms. The van der Waals surface area contributed by atoms with Gasteiger partial charge in [0.2, 0.25) is 0 Å². The largest absolute Gasteiger partial charge is 0.508 e. The molecule has 1 unspecified atom stereocenters. The number of rotatable bonds is 6. The van der Waals surface area contributed by atoms with Crippen LogP contribution >= 0.6 is 0 Å². The third-order valence-electron chi connectivity index (χ3n) is 5.15. The van der Waals surface area contributed by atoms with Gasteiger partial charge in [0, 0.05) is 11.5 Å². The Labute approximate surface area is 142 Å². The maximum atomic E-state index is 10.7. The molecule has 1 aromatic rings. The Morgan fingerprint density at radius 3 is 2.65 bits per heavy atom. The van der Waals surface area contributed by atoms with Crippen molar-refractivity contribution in [2.75, 3.05) is 0 Å². The van der Waals surface area contributed by atoms with Gasteiger partial charge in [-0.15, -0.1) is 0 Å². The minimum absolute atomic E-state index is 0.276. The lowest BCUT2D eigenvalue weighted by Gasteiger charge is -2.32. The second-order valence-electron chi connectivity index (χ2n) is 7.34. The van der Waals surface area contributed by atoms with Crippen molar-refractivity contribution in [3.8, 4) is 5.75 Å². The average molecular weight is 312 g/mol. The molecule has 0 saturated carbocycles. The molecular formula is C22H32O. The van der Waals surface area contributed by atoms with Crippen LogP contribution in [0.3, 0.4) is 0 Å². The van der Waals surface area contributed by atoms with Crippen LogP contribution in [0.25, 0.3) is 0 Å². The first-order valence-corrected chi connectivity index (χ1v) is 9.09. The maximum absolute atomic E-state index is 10.7. The van der Waals surface area contributed by atoms with E-state index in [0.29, 0.717) is 11.7 Å². The standard InChI is InChI=1S/C22H32O/c1-6-7-8-9-18-12-17(5)14-21(23)22(18)20-13-16(4)10-11-19(20)15(2)3/h12-14,19-20,23H,2,6-11H2,1,3-5H3/t19-,20?/m0/s1. The molecule has 2 atom stereocenters. The zero-order valence-corrected chi connectivity index (χ0v) is 15.3. The first-order valence-electron chi connectivity index (χ1n) is 9.09. The van der Waals surface area contributed by atoms with E-state index in [9.17, 15) is 5.11 Å². The van der Waals surface area contributed by atoms with Gasteiger partial charge in [0.25, 0.3) is 0 Å². The number of phenolic OH excluding ortho intramolecular Hbond substituents is 1. The lowest BCUT2D eigenvalue weighted by Crippen LogP contribution is -2.18. The van der Waals surface area contributed by atoms with Gasteiger partial charge in [-0.2, -0.15) is 0 Å². The summed E-state index contributed by atoms with van der Waals surface area (Å²) in [6, 6.07) is 4.20. The number of aryl methyl sites for hydroxylation is 2.